The Morgan fingerprint density at radius 2 is 2.43 bits per heavy atom. The lowest BCUT2D eigenvalue weighted by atomic mass is 10.1. The molecule has 2 heteroatoms. The largest absolute Gasteiger partial charge is 0.311 e. The van der Waals surface area contributed by atoms with Gasteiger partial charge in [-0.1, -0.05) is 18.6 Å². The van der Waals surface area contributed by atoms with Crippen LogP contribution in [0.2, 0.25) is 0 Å². The average molecular weight is 209 g/mol. The van der Waals surface area contributed by atoms with Crippen molar-refractivity contribution < 1.29 is 0 Å². The van der Waals surface area contributed by atoms with Crippen LogP contribution in [0.4, 0.5) is 0 Å². The molecule has 0 amide bonds. The zero-order valence-corrected chi connectivity index (χ0v) is 10.0. The van der Waals surface area contributed by atoms with Gasteiger partial charge in [-0.15, -0.1) is 11.3 Å². The first-order valence-electron chi connectivity index (χ1n) is 5.19. The van der Waals surface area contributed by atoms with Crippen molar-refractivity contribution in [3.8, 4) is 0 Å². The fraction of sp³-hybridized carbons (Fsp3) is 0.500. The van der Waals surface area contributed by atoms with Crippen molar-refractivity contribution >= 4 is 17.4 Å². The molecule has 1 nitrogen and oxygen atoms in total. The third kappa shape index (κ3) is 3.64. The van der Waals surface area contributed by atoms with Crippen molar-refractivity contribution in [2.75, 3.05) is 6.54 Å². The molecular formula is C12H19NS. The summed E-state index contributed by atoms with van der Waals surface area (Å²) in [4.78, 5) is 1.34. The minimum absolute atomic E-state index is 0.483. The second-order valence-corrected chi connectivity index (χ2v) is 4.56. The van der Waals surface area contributed by atoms with Gasteiger partial charge in [0.1, 0.15) is 0 Å². The molecule has 0 aliphatic rings. The van der Waals surface area contributed by atoms with E-state index in [1.807, 2.05) is 0 Å². The van der Waals surface area contributed by atoms with Crippen molar-refractivity contribution in [3.05, 3.63) is 28.0 Å². The van der Waals surface area contributed by atoms with E-state index in [1.165, 1.54) is 16.9 Å². The molecule has 0 aliphatic heterocycles. The first kappa shape index (κ1) is 11.5. The molecule has 1 unspecified atom stereocenters. The molecule has 0 bridgehead atoms. The number of hydrogen-bond acceptors (Lipinski definition) is 2. The molecule has 0 spiro atoms. The molecule has 0 aliphatic carbocycles. The van der Waals surface area contributed by atoms with Crippen LogP contribution in [0.1, 0.15) is 32.1 Å². The number of rotatable bonds is 5. The van der Waals surface area contributed by atoms with Crippen LogP contribution >= 0.6 is 11.3 Å². The highest BCUT2D eigenvalue weighted by Gasteiger charge is 2.02. The van der Waals surface area contributed by atoms with Crippen LogP contribution in [0.3, 0.4) is 0 Å². The van der Waals surface area contributed by atoms with Gasteiger partial charge in [-0.3, -0.25) is 0 Å². The lowest BCUT2D eigenvalue weighted by molar-refractivity contribution is 0.604. The van der Waals surface area contributed by atoms with E-state index in [2.05, 4.69) is 49.7 Å². The van der Waals surface area contributed by atoms with E-state index in [9.17, 15) is 0 Å². The summed E-state index contributed by atoms with van der Waals surface area (Å²) in [5.74, 6) is 0. The molecule has 1 N–H and O–H groups in total. The number of hydrogen-bond donors (Lipinski definition) is 1. The number of nitrogens with one attached hydrogen (secondary N) is 1. The molecule has 0 saturated carbocycles. The Hall–Kier alpha value is -0.600. The molecule has 1 aromatic rings. The van der Waals surface area contributed by atoms with Crippen LogP contribution in [0, 0.1) is 0 Å². The SMILES string of the molecule is CCCNC(C)/C(C)=C/c1cccs1. The molecule has 0 radical (unpaired) electrons. The number of thiophene rings is 1. The van der Waals surface area contributed by atoms with Gasteiger partial charge in [-0.2, -0.15) is 0 Å². The van der Waals surface area contributed by atoms with E-state index < -0.39 is 0 Å². The van der Waals surface area contributed by atoms with Crippen molar-refractivity contribution in [1.29, 1.82) is 0 Å². The molecule has 1 atom stereocenters. The van der Waals surface area contributed by atoms with E-state index in [1.54, 1.807) is 11.3 Å². The summed E-state index contributed by atoms with van der Waals surface area (Å²) >= 11 is 1.79. The third-order valence-electron chi connectivity index (χ3n) is 2.30. The Morgan fingerprint density at radius 1 is 1.64 bits per heavy atom. The summed E-state index contributed by atoms with van der Waals surface area (Å²) in [7, 11) is 0. The Morgan fingerprint density at radius 3 is 3.00 bits per heavy atom. The highest BCUT2D eigenvalue weighted by Crippen LogP contribution is 2.14. The minimum Gasteiger partial charge on any atom is -0.311 e. The normalized spacial score (nSPS) is 14.4. The van der Waals surface area contributed by atoms with Gasteiger partial charge < -0.3 is 5.32 Å². The van der Waals surface area contributed by atoms with E-state index in [-0.39, 0.29) is 0 Å². The average Bonchev–Trinajstić information content (AvgIpc) is 2.66. The van der Waals surface area contributed by atoms with E-state index in [0.29, 0.717) is 6.04 Å². The zero-order valence-electron chi connectivity index (χ0n) is 9.21. The van der Waals surface area contributed by atoms with Crippen molar-refractivity contribution in [2.45, 2.75) is 33.2 Å². The molecule has 14 heavy (non-hydrogen) atoms. The highest BCUT2D eigenvalue weighted by atomic mass is 32.1. The minimum atomic E-state index is 0.483. The van der Waals surface area contributed by atoms with Gasteiger partial charge in [0, 0.05) is 10.9 Å². The Bertz CT molecular complexity index is 275. The lowest BCUT2D eigenvalue weighted by Crippen LogP contribution is -2.27. The topological polar surface area (TPSA) is 12.0 Å². The van der Waals surface area contributed by atoms with Crippen LogP contribution in [-0.4, -0.2) is 12.6 Å². The maximum Gasteiger partial charge on any atom is 0.0270 e. The summed E-state index contributed by atoms with van der Waals surface area (Å²) in [6.45, 7) is 7.69. The second-order valence-electron chi connectivity index (χ2n) is 3.58. The molecule has 1 aromatic heterocycles. The fourth-order valence-corrected chi connectivity index (χ4v) is 1.97. The standard InChI is InChI=1S/C12H19NS/c1-4-7-13-11(3)10(2)9-12-6-5-8-14-12/h5-6,8-9,11,13H,4,7H2,1-3H3/b10-9+. The van der Waals surface area contributed by atoms with E-state index in [4.69, 9.17) is 0 Å². The Balaban J connectivity index is 2.51. The first-order chi connectivity index (χ1) is 6.74. The maximum absolute atomic E-state index is 3.48. The predicted octanol–water partition coefficient (Wildman–Crippen LogP) is 3.54. The van der Waals surface area contributed by atoms with Crippen LogP contribution in [0.15, 0.2) is 23.1 Å². The van der Waals surface area contributed by atoms with Gasteiger partial charge in [0.15, 0.2) is 0 Å². The van der Waals surface area contributed by atoms with Gasteiger partial charge >= 0.3 is 0 Å². The second kappa shape index (κ2) is 5.99. The van der Waals surface area contributed by atoms with Gasteiger partial charge in [0.2, 0.25) is 0 Å². The summed E-state index contributed by atoms with van der Waals surface area (Å²) in [6, 6.07) is 4.73. The van der Waals surface area contributed by atoms with E-state index >= 15 is 0 Å². The van der Waals surface area contributed by atoms with Crippen LogP contribution in [-0.2, 0) is 0 Å². The smallest absolute Gasteiger partial charge is 0.0270 e. The molecule has 0 aromatic carbocycles. The quantitative estimate of drug-likeness (QED) is 0.782. The third-order valence-corrected chi connectivity index (χ3v) is 3.12. The molecule has 1 rings (SSSR count). The van der Waals surface area contributed by atoms with Crippen LogP contribution in [0.5, 0.6) is 0 Å². The zero-order chi connectivity index (χ0) is 10.4. The van der Waals surface area contributed by atoms with E-state index in [0.717, 1.165) is 6.54 Å². The fourth-order valence-electron chi connectivity index (χ4n) is 1.24. The summed E-state index contributed by atoms with van der Waals surface area (Å²) in [5.41, 5.74) is 1.40. The molecule has 78 valence electrons. The van der Waals surface area contributed by atoms with Crippen molar-refractivity contribution in [2.24, 2.45) is 0 Å². The highest BCUT2D eigenvalue weighted by molar-refractivity contribution is 7.10. The maximum atomic E-state index is 3.48. The van der Waals surface area contributed by atoms with Gasteiger partial charge in [0.25, 0.3) is 0 Å². The molecule has 0 fully saturated rings. The monoisotopic (exact) mass is 209 g/mol. The Kier molecular flexibility index (Phi) is 4.91. The van der Waals surface area contributed by atoms with Crippen LogP contribution in [0.25, 0.3) is 6.08 Å². The van der Waals surface area contributed by atoms with Gasteiger partial charge in [-0.25, -0.2) is 0 Å². The van der Waals surface area contributed by atoms with Gasteiger partial charge in [0.05, 0.1) is 0 Å². The lowest BCUT2D eigenvalue weighted by Gasteiger charge is -2.13. The predicted molar refractivity (Wildman–Crippen MR) is 65.7 cm³/mol. The first-order valence-corrected chi connectivity index (χ1v) is 6.07. The van der Waals surface area contributed by atoms with Gasteiger partial charge in [-0.05, 0) is 44.3 Å². The Labute approximate surface area is 90.9 Å². The molecular weight excluding hydrogens is 190 g/mol. The molecule has 0 saturated heterocycles. The van der Waals surface area contributed by atoms with Crippen molar-refractivity contribution in [1.82, 2.24) is 5.32 Å². The molecule has 1 heterocycles. The van der Waals surface area contributed by atoms with Crippen molar-refractivity contribution in [3.63, 3.8) is 0 Å². The van der Waals surface area contributed by atoms with Crippen LogP contribution < -0.4 is 5.32 Å². The summed E-state index contributed by atoms with van der Waals surface area (Å²) in [5, 5.41) is 5.60. The summed E-state index contributed by atoms with van der Waals surface area (Å²) in [6.07, 6.45) is 3.45. The summed E-state index contributed by atoms with van der Waals surface area (Å²) < 4.78 is 0.